The number of aliphatic imine (C=N–C) groups is 2. The molecule has 13 heavy (non-hydrogen) atoms. The van der Waals surface area contributed by atoms with E-state index in [0.717, 1.165) is 0 Å². The maximum absolute atomic E-state index is 4.68. The third kappa shape index (κ3) is 1.01. The van der Waals surface area contributed by atoms with Gasteiger partial charge in [-0.05, 0) is 25.0 Å². The van der Waals surface area contributed by atoms with Gasteiger partial charge in [0.15, 0.2) is 0 Å². The fourth-order valence-corrected chi connectivity index (χ4v) is 2.43. The summed E-state index contributed by atoms with van der Waals surface area (Å²) in [5.74, 6) is 1.19. The Balaban J connectivity index is 1.99. The normalized spacial score (nSPS) is 40.0. The minimum atomic E-state index is 0.375. The van der Waals surface area contributed by atoms with Crippen molar-refractivity contribution in [3.63, 3.8) is 0 Å². The van der Waals surface area contributed by atoms with E-state index in [1.165, 1.54) is 18.6 Å². The van der Waals surface area contributed by atoms with Crippen LogP contribution in [0.25, 0.3) is 0 Å². The Morgan fingerprint density at radius 2 is 2.38 bits per heavy atom. The molecule has 0 fully saturated rings. The van der Waals surface area contributed by atoms with Crippen LogP contribution in [0.1, 0.15) is 12.8 Å². The van der Waals surface area contributed by atoms with Gasteiger partial charge in [-0.1, -0.05) is 6.08 Å². The van der Waals surface area contributed by atoms with E-state index in [0.29, 0.717) is 17.9 Å². The molecule has 0 aromatic carbocycles. The second kappa shape index (κ2) is 2.66. The predicted octanol–water partition coefficient (Wildman–Crippen LogP) is 1.99. The van der Waals surface area contributed by atoms with Gasteiger partial charge in [-0.2, -0.15) is 0 Å². The summed E-state index contributed by atoms with van der Waals surface area (Å²) in [5.41, 5.74) is 1.29. The third-order valence-corrected chi connectivity index (χ3v) is 3.10. The van der Waals surface area contributed by atoms with Gasteiger partial charge < -0.3 is 0 Å². The number of hydrogen-bond acceptors (Lipinski definition) is 2. The Bertz CT molecular complexity index is 336. The fraction of sp³-hybridized carbons (Fsp3) is 0.455. The molecule has 0 spiro atoms. The number of fused-ring (bicyclic) bond motifs is 3. The van der Waals surface area contributed by atoms with Crippen molar-refractivity contribution in [1.82, 2.24) is 0 Å². The van der Waals surface area contributed by atoms with E-state index in [-0.39, 0.29) is 0 Å². The maximum Gasteiger partial charge on any atom is 0.0785 e. The lowest BCUT2D eigenvalue weighted by molar-refractivity contribution is 0.503. The largest absolute Gasteiger partial charge is 0.281 e. The molecule has 3 aliphatic rings. The summed E-state index contributed by atoms with van der Waals surface area (Å²) in [6, 6.07) is 0.375. The van der Waals surface area contributed by atoms with Gasteiger partial charge in [0, 0.05) is 30.0 Å². The van der Waals surface area contributed by atoms with Crippen LogP contribution in [0.4, 0.5) is 0 Å². The molecular weight excluding hydrogens is 160 g/mol. The van der Waals surface area contributed by atoms with Gasteiger partial charge in [0.1, 0.15) is 0 Å². The predicted molar refractivity (Wildman–Crippen MR) is 54.2 cm³/mol. The fourth-order valence-electron chi connectivity index (χ4n) is 2.43. The summed E-state index contributed by atoms with van der Waals surface area (Å²) in [6.07, 6.45) is 12.9. The van der Waals surface area contributed by atoms with Crippen molar-refractivity contribution in [3.05, 3.63) is 24.4 Å². The number of rotatable bonds is 0. The zero-order chi connectivity index (χ0) is 8.67. The first-order valence-electron chi connectivity index (χ1n) is 4.89. The Morgan fingerprint density at radius 3 is 3.38 bits per heavy atom. The van der Waals surface area contributed by atoms with Crippen LogP contribution in [0.5, 0.6) is 0 Å². The van der Waals surface area contributed by atoms with Crippen molar-refractivity contribution < 1.29 is 0 Å². The highest BCUT2D eigenvalue weighted by atomic mass is 14.9. The van der Waals surface area contributed by atoms with Crippen LogP contribution in [0.3, 0.4) is 0 Å². The Labute approximate surface area is 77.8 Å². The van der Waals surface area contributed by atoms with Gasteiger partial charge in [-0.15, -0.1) is 0 Å². The van der Waals surface area contributed by atoms with Crippen molar-refractivity contribution in [2.75, 3.05) is 0 Å². The van der Waals surface area contributed by atoms with E-state index in [9.17, 15) is 0 Å². The molecule has 0 bridgehead atoms. The number of allylic oxidation sites excluding steroid dienone is 2. The lowest BCUT2D eigenvalue weighted by atomic mass is 9.81. The minimum absolute atomic E-state index is 0.375. The van der Waals surface area contributed by atoms with Crippen molar-refractivity contribution in [2.24, 2.45) is 21.8 Å². The van der Waals surface area contributed by atoms with Crippen LogP contribution in [0, 0.1) is 11.8 Å². The lowest BCUT2D eigenvalue weighted by Gasteiger charge is -2.21. The molecule has 3 atom stereocenters. The second-order valence-electron chi connectivity index (χ2n) is 3.85. The van der Waals surface area contributed by atoms with E-state index >= 15 is 0 Å². The molecule has 0 aromatic rings. The first-order chi connectivity index (χ1) is 6.45. The summed E-state index contributed by atoms with van der Waals surface area (Å²) < 4.78 is 0. The molecular formula is C11H12N2. The molecule has 0 radical (unpaired) electrons. The van der Waals surface area contributed by atoms with Gasteiger partial charge >= 0.3 is 0 Å². The molecule has 3 unspecified atom stereocenters. The van der Waals surface area contributed by atoms with Crippen LogP contribution in [-0.2, 0) is 0 Å². The molecule has 66 valence electrons. The quantitative estimate of drug-likeness (QED) is 0.534. The molecule has 3 rings (SSSR count). The first-order valence-corrected chi connectivity index (χ1v) is 4.89. The standard InChI is InChI=1S/C11H12N2/c1-2-4-10-8(3-1)9-7-12-6-5-11(9)13-10/h2,4-9,11H,1,3H2. The molecule has 0 amide bonds. The lowest BCUT2D eigenvalue weighted by Crippen LogP contribution is -2.25. The van der Waals surface area contributed by atoms with Crippen molar-refractivity contribution in [1.29, 1.82) is 0 Å². The van der Waals surface area contributed by atoms with Gasteiger partial charge in [0.25, 0.3) is 0 Å². The molecule has 0 saturated heterocycles. The summed E-state index contributed by atoms with van der Waals surface area (Å²) in [4.78, 5) is 8.89. The monoisotopic (exact) mass is 172 g/mol. The van der Waals surface area contributed by atoms with Crippen LogP contribution < -0.4 is 0 Å². The van der Waals surface area contributed by atoms with Gasteiger partial charge in [-0.3, -0.25) is 9.98 Å². The molecule has 2 heteroatoms. The maximum atomic E-state index is 4.68. The van der Waals surface area contributed by atoms with Crippen LogP contribution in [0.15, 0.2) is 34.4 Å². The first kappa shape index (κ1) is 7.25. The Morgan fingerprint density at radius 1 is 1.38 bits per heavy atom. The minimum Gasteiger partial charge on any atom is -0.281 e. The average Bonchev–Trinajstić information content (AvgIpc) is 2.56. The molecule has 2 aliphatic heterocycles. The molecule has 2 heterocycles. The van der Waals surface area contributed by atoms with E-state index in [1.54, 1.807) is 0 Å². The van der Waals surface area contributed by atoms with E-state index < -0.39 is 0 Å². The Kier molecular flexibility index (Phi) is 1.48. The second-order valence-corrected chi connectivity index (χ2v) is 3.85. The van der Waals surface area contributed by atoms with Crippen molar-refractivity contribution in [3.8, 4) is 0 Å². The summed E-state index contributed by atoms with van der Waals surface area (Å²) in [5, 5.41) is 0. The van der Waals surface area contributed by atoms with Crippen LogP contribution in [0.2, 0.25) is 0 Å². The van der Waals surface area contributed by atoms with Crippen molar-refractivity contribution in [2.45, 2.75) is 18.9 Å². The molecule has 0 aromatic heterocycles. The van der Waals surface area contributed by atoms with Crippen molar-refractivity contribution >= 4 is 11.9 Å². The van der Waals surface area contributed by atoms with Gasteiger partial charge in [-0.25, -0.2) is 0 Å². The van der Waals surface area contributed by atoms with Crippen LogP contribution in [-0.4, -0.2) is 18.0 Å². The SMILES string of the molecule is C1=CC2=NC3C=CN=CC3C2CC1. The third-order valence-electron chi connectivity index (χ3n) is 3.10. The molecule has 1 aliphatic carbocycles. The van der Waals surface area contributed by atoms with Gasteiger partial charge in [0.05, 0.1) is 6.04 Å². The highest BCUT2D eigenvalue weighted by molar-refractivity contribution is 6.01. The van der Waals surface area contributed by atoms with E-state index in [4.69, 9.17) is 0 Å². The zero-order valence-corrected chi connectivity index (χ0v) is 7.43. The molecule has 0 saturated carbocycles. The van der Waals surface area contributed by atoms with E-state index in [2.05, 4.69) is 34.4 Å². The van der Waals surface area contributed by atoms with Crippen LogP contribution >= 0.6 is 0 Å². The Hall–Kier alpha value is -1.18. The summed E-state index contributed by atoms with van der Waals surface area (Å²) in [7, 11) is 0. The highest BCUT2D eigenvalue weighted by Gasteiger charge is 2.36. The summed E-state index contributed by atoms with van der Waals surface area (Å²) >= 11 is 0. The van der Waals surface area contributed by atoms with E-state index in [1.807, 2.05) is 6.20 Å². The number of nitrogens with zero attached hydrogens (tertiary/aromatic N) is 2. The summed E-state index contributed by atoms with van der Waals surface area (Å²) in [6.45, 7) is 0. The molecule has 2 nitrogen and oxygen atoms in total. The average molecular weight is 172 g/mol. The zero-order valence-electron chi connectivity index (χ0n) is 7.43. The number of hydrogen-bond donors (Lipinski definition) is 0. The molecule has 0 N–H and O–H groups in total. The van der Waals surface area contributed by atoms with Gasteiger partial charge in [0.2, 0.25) is 0 Å². The topological polar surface area (TPSA) is 24.7 Å². The smallest absolute Gasteiger partial charge is 0.0785 e. The highest BCUT2D eigenvalue weighted by Crippen LogP contribution is 2.34.